The molecular formula is C11H16N2O6S. The Kier molecular flexibility index (Phi) is 3.98. The van der Waals surface area contributed by atoms with E-state index in [9.17, 15) is 22.8 Å². The second-order valence-electron chi connectivity index (χ2n) is 5.06. The van der Waals surface area contributed by atoms with Gasteiger partial charge in [-0.25, -0.2) is 8.42 Å². The van der Waals surface area contributed by atoms with Crippen LogP contribution >= 0.6 is 0 Å². The molecule has 2 saturated heterocycles. The number of nitrogens with one attached hydrogen (secondary N) is 1. The van der Waals surface area contributed by atoms with Crippen molar-refractivity contribution in [3.05, 3.63) is 0 Å². The number of hydrogen-bond donors (Lipinski definition) is 2. The minimum absolute atomic E-state index is 0.0223. The minimum Gasteiger partial charge on any atom is -0.481 e. The minimum atomic E-state index is -3.32. The molecule has 2 fully saturated rings. The van der Waals surface area contributed by atoms with Crippen molar-refractivity contribution in [2.75, 3.05) is 18.1 Å². The quantitative estimate of drug-likeness (QED) is 0.645. The van der Waals surface area contributed by atoms with Gasteiger partial charge in [0.05, 0.1) is 24.0 Å². The predicted octanol–water partition coefficient (Wildman–Crippen LogP) is -1.63. The van der Waals surface area contributed by atoms with E-state index in [1.807, 2.05) is 0 Å². The van der Waals surface area contributed by atoms with Crippen molar-refractivity contribution in [1.82, 2.24) is 10.2 Å². The lowest BCUT2D eigenvalue weighted by Crippen LogP contribution is -2.56. The molecule has 0 aromatic heterocycles. The largest absolute Gasteiger partial charge is 0.481 e. The Labute approximate surface area is 116 Å². The average Bonchev–Trinajstić information content (AvgIpc) is 2.73. The molecular weight excluding hydrogens is 288 g/mol. The summed E-state index contributed by atoms with van der Waals surface area (Å²) >= 11 is 0. The number of rotatable bonds is 3. The molecule has 112 valence electrons. The lowest BCUT2D eigenvalue weighted by atomic mass is 10.1. The first-order chi connectivity index (χ1) is 9.28. The third kappa shape index (κ3) is 3.27. The summed E-state index contributed by atoms with van der Waals surface area (Å²) in [5.74, 6) is -2.28. The maximum Gasteiger partial charge on any atom is 0.305 e. The first-order valence-electron chi connectivity index (χ1n) is 6.30. The fraction of sp³-hybridized carbons (Fsp3) is 0.727. The van der Waals surface area contributed by atoms with Crippen molar-refractivity contribution < 1.29 is 27.9 Å². The molecule has 8 nitrogen and oxygen atoms in total. The summed E-state index contributed by atoms with van der Waals surface area (Å²) in [6.07, 6.45) is 0.207. The highest BCUT2D eigenvalue weighted by Gasteiger charge is 2.39. The van der Waals surface area contributed by atoms with E-state index < -0.39 is 40.2 Å². The first kappa shape index (κ1) is 14.8. The fourth-order valence-electron chi connectivity index (χ4n) is 2.55. The standard InChI is InChI=1S/C11H16N2O6S/c14-9-2-1-8(12-9)11(17)13-3-4-20(18,19)6-7(13)5-10(15)16/h7-8H,1-6H2,(H,12,14)(H,15,16)/t7?,8-/m1/s1. The third-order valence-electron chi connectivity index (χ3n) is 3.52. The summed E-state index contributed by atoms with van der Waals surface area (Å²) < 4.78 is 23.2. The molecule has 0 aromatic carbocycles. The Morgan fingerprint density at radius 3 is 2.65 bits per heavy atom. The molecule has 0 aromatic rings. The summed E-state index contributed by atoms with van der Waals surface area (Å²) in [7, 11) is -3.32. The number of aliphatic carboxylic acids is 1. The Balaban J connectivity index is 2.13. The second kappa shape index (κ2) is 5.39. The van der Waals surface area contributed by atoms with Crippen molar-refractivity contribution in [2.24, 2.45) is 0 Å². The maximum atomic E-state index is 12.3. The SMILES string of the molecule is O=C(O)CC1CS(=O)(=O)CCN1C(=O)[C@H]1CCC(=O)N1. The number of nitrogens with zero attached hydrogens (tertiary/aromatic N) is 1. The van der Waals surface area contributed by atoms with Crippen molar-refractivity contribution in [3.63, 3.8) is 0 Å². The normalized spacial score (nSPS) is 29.0. The van der Waals surface area contributed by atoms with Gasteiger partial charge >= 0.3 is 5.97 Å². The lowest BCUT2D eigenvalue weighted by molar-refractivity contribution is -0.141. The molecule has 0 radical (unpaired) electrons. The smallest absolute Gasteiger partial charge is 0.305 e. The molecule has 9 heteroatoms. The van der Waals surface area contributed by atoms with Gasteiger partial charge in [-0.15, -0.1) is 0 Å². The zero-order valence-electron chi connectivity index (χ0n) is 10.7. The van der Waals surface area contributed by atoms with E-state index in [1.54, 1.807) is 0 Å². The second-order valence-corrected chi connectivity index (χ2v) is 7.29. The van der Waals surface area contributed by atoms with Crippen LogP contribution in [-0.2, 0) is 24.2 Å². The molecule has 2 atom stereocenters. The van der Waals surface area contributed by atoms with Crippen LogP contribution in [0.3, 0.4) is 0 Å². The molecule has 0 aliphatic carbocycles. The summed E-state index contributed by atoms with van der Waals surface area (Å²) in [4.78, 5) is 35.5. The molecule has 0 bridgehead atoms. The Morgan fingerprint density at radius 1 is 1.40 bits per heavy atom. The molecule has 20 heavy (non-hydrogen) atoms. The van der Waals surface area contributed by atoms with E-state index in [4.69, 9.17) is 5.11 Å². The van der Waals surface area contributed by atoms with E-state index in [-0.39, 0.29) is 30.4 Å². The van der Waals surface area contributed by atoms with Crippen LogP contribution in [0, 0.1) is 0 Å². The molecule has 1 unspecified atom stereocenters. The molecule has 0 spiro atoms. The zero-order chi connectivity index (χ0) is 14.9. The Morgan fingerprint density at radius 2 is 2.10 bits per heavy atom. The van der Waals surface area contributed by atoms with Gasteiger partial charge in [-0.1, -0.05) is 0 Å². The van der Waals surface area contributed by atoms with Gasteiger partial charge < -0.3 is 15.3 Å². The third-order valence-corrected chi connectivity index (χ3v) is 5.21. The van der Waals surface area contributed by atoms with E-state index in [1.165, 1.54) is 4.90 Å². The number of amides is 2. The van der Waals surface area contributed by atoms with Crippen LogP contribution in [0.4, 0.5) is 0 Å². The molecule has 2 N–H and O–H groups in total. The van der Waals surface area contributed by atoms with Crippen molar-refractivity contribution in [1.29, 1.82) is 0 Å². The van der Waals surface area contributed by atoms with Crippen LogP contribution in [0.15, 0.2) is 0 Å². The number of carboxylic acids is 1. The highest BCUT2D eigenvalue weighted by molar-refractivity contribution is 7.91. The maximum absolute atomic E-state index is 12.3. The highest BCUT2D eigenvalue weighted by atomic mass is 32.2. The molecule has 0 saturated carbocycles. The summed E-state index contributed by atoms with van der Waals surface area (Å²) in [5, 5.41) is 11.4. The van der Waals surface area contributed by atoms with Gasteiger partial charge in [0.15, 0.2) is 9.84 Å². The van der Waals surface area contributed by atoms with Crippen LogP contribution in [0.25, 0.3) is 0 Å². The predicted molar refractivity (Wildman–Crippen MR) is 67.6 cm³/mol. The van der Waals surface area contributed by atoms with Gasteiger partial charge in [0, 0.05) is 13.0 Å². The molecule has 2 aliphatic heterocycles. The number of carboxylic acid groups (broad SMARTS) is 1. The Bertz CT molecular complexity index is 543. The van der Waals surface area contributed by atoms with E-state index in [2.05, 4.69) is 5.32 Å². The first-order valence-corrected chi connectivity index (χ1v) is 8.13. The number of carbonyl (C=O) groups is 3. The summed E-state index contributed by atoms with van der Waals surface area (Å²) in [6, 6.07) is -1.53. The van der Waals surface area contributed by atoms with Crippen LogP contribution in [0.5, 0.6) is 0 Å². The van der Waals surface area contributed by atoms with E-state index in [0.29, 0.717) is 6.42 Å². The van der Waals surface area contributed by atoms with Gasteiger partial charge in [-0.3, -0.25) is 14.4 Å². The number of carbonyl (C=O) groups excluding carboxylic acids is 2. The van der Waals surface area contributed by atoms with Crippen molar-refractivity contribution >= 4 is 27.6 Å². The van der Waals surface area contributed by atoms with Crippen LogP contribution < -0.4 is 5.32 Å². The van der Waals surface area contributed by atoms with Crippen molar-refractivity contribution in [3.8, 4) is 0 Å². The zero-order valence-corrected chi connectivity index (χ0v) is 11.6. The topological polar surface area (TPSA) is 121 Å². The van der Waals surface area contributed by atoms with E-state index >= 15 is 0 Å². The van der Waals surface area contributed by atoms with E-state index in [0.717, 1.165) is 0 Å². The average molecular weight is 304 g/mol. The van der Waals surface area contributed by atoms with Crippen LogP contribution in [0.1, 0.15) is 19.3 Å². The van der Waals surface area contributed by atoms with Gasteiger partial charge in [0.1, 0.15) is 6.04 Å². The lowest BCUT2D eigenvalue weighted by Gasteiger charge is -2.36. The van der Waals surface area contributed by atoms with Gasteiger partial charge in [-0.05, 0) is 6.42 Å². The van der Waals surface area contributed by atoms with Gasteiger partial charge in [0.25, 0.3) is 0 Å². The monoisotopic (exact) mass is 304 g/mol. The summed E-state index contributed by atoms with van der Waals surface area (Å²) in [5.41, 5.74) is 0. The van der Waals surface area contributed by atoms with Crippen molar-refractivity contribution in [2.45, 2.75) is 31.3 Å². The van der Waals surface area contributed by atoms with Crippen LogP contribution in [0.2, 0.25) is 0 Å². The Hall–Kier alpha value is -1.64. The molecule has 2 amide bonds. The highest BCUT2D eigenvalue weighted by Crippen LogP contribution is 2.19. The molecule has 2 aliphatic rings. The van der Waals surface area contributed by atoms with Gasteiger partial charge in [-0.2, -0.15) is 0 Å². The number of hydrogen-bond acceptors (Lipinski definition) is 5. The summed E-state index contributed by atoms with van der Waals surface area (Å²) in [6.45, 7) is -0.0223. The number of sulfone groups is 1. The molecule has 2 heterocycles. The fourth-order valence-corrected chi connectivity index (χ4v) is 4.07. The molecule has 2 rings (SSSR count). The van der Waals surface area contributed by atoms with Crippen LogP contribution in [-0.4, -0.2) is 66.3 Å². The van der Waals surface area contributed by atoms with Gasteiger partial charge in [0.2, 0.25) is 11.8 Å².